The molecule has 0 spiro atoms. The number of nitrogens with one attached hydrogen (secondary N) is 1. The van der Waals surface area contributed by atoms with Crippen molar-refractivity contribution < 1.29 is 0 Å². The molecule has 94 valence electrons. The van der Waals surface area contributed by atoms with Crippen molar-refractivity contribution in [3.05, 3.63) is 22.9 Å². The van der Waals surface area contributed by atoms with E-state index in [9.17, 15) is 0 Å². The summed E-state index contributed by atoms with van der Waals surface area (Å²) in [5, 5.41) is 3.97. The van der Waals surface area contributed by atoms with Gasteiger partial charge >= 0.3 is 0 Å². The predicted molar refractivity (Wildman–Crippen MR) is 74.8 cm³/mol. The summed E-state index contributed by atoms with van der Waals surface area (Å²) >= 11 is 12.2. The van der Waals surface area contributed by atoms with Gasteiger partial charge in [0.15, 0.2) is 0 Å². The molecule has 0 saturated heterocycles. The second kappa shape index (κ2) is 7.24. The Morgan fingerprint density at radius 3 is 2.19 bits per heavy atom. The van der Waals surface area contributed by atoms with Gasteiger partial charge in [0.1, 0.15) is 5.50 Å². The Bertz CT molecular complexity index is 271. The molecule has 0 fully saturated rings. The fourth-order valence-corrected chi connectivity index (χ4v) is 1.74. The van der Waals surface area contributed by atoms with E-state index in [1.165, 1.54) is 5.57 Å². The van der Waals surface area contributed by atoms with Crippen molar-refractivity contribution >= 4 is 23.2 Å². The smallest absolute Gasteiger partial charge is 0.104 e. The molecule has 1 nitrogen and oxygen atoms in total. The zero-order chi connectivity index (χ0) is 12.9. The summed E-state index contributed by atoms with van der Waals surface area (Å²) < 4.78 is 0. The Morgan fingerprint density at radius 1 is 1.31 bits per heavy atom. The van der Waals surface area contributed by atoms with Gasteiger partial charge < -0.3 is 5.32 Å². The predicted octanol–water partition coefficient (Wildman–Crippen LogP) is 4.87. The largest absolute Gasteiger partial charge is 0.373 e. The van der Waals surface area contributed by atoms with Crippen LogP contribution in [-0.2, 0) is 0 Å². The number of halogens is 2. The van der Waals surface area contributed by atoms with Crippen LogP contribution in [0, 0.1) is 11.8 Å². The molecule has 0 aromatic heterocycles. The lowest BCUT2D eigenvalue weighted by molar-refractivity contribution is 0.485. The number of rotatable bonds is 6. The molecular weight excluding hydrogens is 241 g/mol. The maximum atomic E-state index is 6.25. The van der Waals surface area contributed by atoms with Gasteiger partial charge in [-0.3, -0.25) is 0 Å². The monoisotopic (exact) mass is 263 g/mol. The van der Waals surface area contributed by atoms with E-state index in [2.05, 4.69) is 32.7 Å². The van der Waals surface area contributed by atoms with Crippen LogP contribution in [0.25, 0.3) is 0 Å². The molecule has 3 atom stereocenters. The van der Waals surface area contributed by atoms with Gasteiger partial charge in [-0.2, -0.15) is 0 Å². The molecule has 0 aromatic carbocycles. The highest BCUT2D eigenvalue weighted by Crippen LogP contribution is 2.24. The molecule has 16 heavy (non-hydrogen) atoms. The number of hydrogen-bond donors (Lipinski definition) is 1. The maximum absolute atomic E-state index is 6.25. The van der Waals surface area contributed by atoms with Crippen LogP contribution in [0.3, 0.4) is 0 Å². The Morgan fingerprint density at radius 2 is 1.81 bits per heavy atom. The van der Waals surface area contributed by atoms with Gasteiger partial charge in [-0.05, 0) is 25.3 Å². The van der Waals surface area contributed by atoms with E-state index >= 15 is 0 Å². The lowest BCUT2D eigenvalue weighted by Gasteiger charge is -2.22. The summed E-state index contributed by atoms with van der Waals surface area (Å²) in [6.45, 7) is 14.2. The molecule has 0 heterocycles. The molecule has 0 bridgehead atoms. The number of hydrogen-bond acceptors (Lipinski definition) is 1. The third-order valence-electron chi connectivity index (χ3n) is 3.21. The molecule has 0 aliphatic rings. The van der Waals surface area contributed by atoms with Crippen LogP contribution in [0.15, 0.2) is 22.9 Å². The lowest BCUT2D eigenvalue weighted by atomic mass is 10.0. The SMILES string of the molecule is C=C(Cl)[C@H](C)/C(C)=C(/C)NC(Cl)C(C)CC. The van der Waals surface area contributed by atoms with Crippen LogP contribution in [-0.4, -0.2) is 5.50 Å². The summed E-state index contributed by atoms with van der Waals surface area (Å²) in [5.41, 5.74) is 2.25. The zero-order valence-corrected chi connectivity index (χ0v) is 12.4. The molecule has 1 N–H and O–H groups in total. The molecule has 2 unspecified atom stereocenters. The third-order valence-corrected chi connectivity index (χ3v) is 4.08. The topological polar surface area (TPSA) is 12.0 Å². The summed E-state index contributed by atoms with van der Waals surface area (Å²) in [4.78, 5) is 0. The highest BCUT2D eigenvalue weighted by Gasteiger charge is 2.15. The van der Waals surface area contributed by atoms with E-state index < -0.39 is 0 Å². The molecule has 3 heteroatoms. The maximum Gasteiger partial charge on any atom is 0.104 e. The van der Waals surface area contributed by atoms with Crippen molar-refractivity contribution in [1.82, 2.24) is 5.32 Å². The first kappa shape index (κ1) is 15.9. The van der Waals surface area contributed by atoms with Gasteiger partial charge in [0.2, 0.25) is 0 Å². The molecule has 0 rings (SSSR count). The van der Waals surface area contributed by atoms with E-state index in [1.54, 1.807) is 0 Å². The van der Waals surface area contributed by atoms with E-state index in [0.717, 1.165) is 12.1 Å². The van der Waals surface area contributed by atoms with E-state index in [0.29, 0.717) is 11.0 Å². The average molecular weight is 264 g/mol. The molecule has 0 radical (unpaired) electrons. The minimum absolute atomic E-state index is 0.0317. The summed E-state index contributed by atoms with van der Waals surface area (Å²) in [5.74, 6) is 0.619. The first-order valence-corrected chi connectivity index (χ1v) is 6.54. The van der Waals surface area contributed by atoms with E-state index in [4.69, 9.17) is 23.2 Å². The Hall–Kier alpha value is -0.140. The highest BCUT2D eigenvalue weighted by molar-refractivity contribution is 6.29. The van der Waals surface area contributed by atoms with Crippen LogP contribution in [0.4, 0.5) is 0 Å². The second-order valence-electron chi connectivity index (χ2n) is 4.41. The minimum atomic E-state index is -0.0317. The van der Waals surface area contributed by atoms with Gasteiger partial charge in [-0.15, -0.1) is 0 Å². The Balaban J connectivity index is 4.59. The van der Waals surface area contributed by atoms with Crippen molar-refractivity contribution in [1.29, 1.82) is 0 Å². The molecular formula is C13H23Cl2N. The van der Waals surface area contributed by atoms with Crippen LogP contribution >= 0.6 is 23.2 Å². The van der Waals surface area contributed by atoms with Crippen LogP contribution in [0.2, 0.25) is 0 Å². The third kappa shape index (κ3) is 4.80. The van der Waals surface area contributed by atoms with Gasteiger partial charge in [0.05, 0.1) is 0 Å². The van der Waals surface area contributed by atoms with E-state index in [1.807, 2.05) is 13.8 Å². The first-order chi connectivity index (χ1) is 7.31. The van der Waals surface area contributed by atoms with Crippen molar-refractivity contribution in [3.8, 4) is 0 Å². The molecule has 0 saturated carbocycles. The fraction of sp³-hybridized carbons (Fsp3) is 0.692. The summed E-state index contributed by atoms with van der Waals surface area (Å²) in [7, 11) is 0. The van der Waals surface area contributed by atoms with Crippen molar-refractivity contribution in [3.63, 3.8) is 0 Å². The molecule has 0 amide bonds. The van der Waals surface area contributed by atoms with Gasteiger partial charge in [0.25, 0.3) is 0 Å². The summed E-state index contributed by atoms with van der Waals surface area (Å²) in [6.07, 6.45) is 1.06. The van der Waals surface area contributed by atoms with Crippen LogP contribution < -0.4 is 5.32 Å². The van der Waals surface area contributed by atoms with Gasteiger partial charge in [-0.25, -0.2) is 0 Å². The van der Waals surface area contributed by atoms with E-state index in [-0.39, 0.29) is 11.4 Å². The van der Waals surface area contributed by atoms with Crippen molar-refractivity contribution in [2.75, 3.05) is 0 Å². The Labute approximate surface area is 110 Å². The Kier molecular flexibility index (Phi) is 7.17. The minimum Gasteiger partial charge on any atom is -0.373 e. The standard InChI is InChI=1S/C13H23Cl2N/c1-7-8(2)13(15)16-12(6)10(4)9(3)11(5)14/h8-9,13,16H,5,7H2,1-4,6H3/b12-10-/t8?,9-,13?/m1/s1. The number of allylic oxidation sites excluding steroid dienone is 3. The normalized spacial score (nSPS) is 18.4. The molecule has 0 aliphatic heterocycles. The van der Waals surface area contributed by atoms with Crippen LogP contribution in [0.5, 0.6) is 0 Å². The van der Waals surface area contributed by atoms with Crippen molar-refractivity contribution in [2.45, 2.75) is 46.5 Å². The average Bonchev–Trinajstić information content (AvgIpc) is 2.25. The van der Waals surface area contributed by atoms with Crippen LogP contribution in [0.1, 0.15) is 41.0 Å². The van der Waals surface area contributed by atoms with Gasteiger partial charge in [0, 0.05) is 16.6 Å². The zero-order valence-electron chi connectivity index (χ0n) is 10.9. The molecule has 0 aliphatic carbocycles. The second-order valence-corrected chi connectivity index (χ2v) is 5.36. The quantitative estimate of drug-likeness (QED) is 0.533. The fourth-order valence-electron chi connectivity index (χ4n) is 1.23. The number of alkyl halides is 1. The lowest BCUT2D eigenvalue weighted by Crippen LogP contribution is -2.29. The van der Waals surface area contributed by atoms with Crippen molar-refractivity contribution in [2.24, 2.45) is 11.8 Å². The first-order valence-electron chi connectivity index (χ1n) is 5.73. The molecule has 0 aromatic rings. The summed E-state index contributed by atoms with van der Waals surface area (Å²) in [6, 6.07) is 0. The van der Waals surface area contributed by atoms with Gasteiger partial charge in [-0.1, -0.05) is 57.0 Å². The highest BCUT2D eigenvalue weighted by atomic mass is 35.5.